The second-order valence-electron chi connectivity index (χ2n) is 5.03. The van der Waals surface area contributed by atoms with E-state index in [0.717, 1.165) is 28.2 Å². The van der Waals surface area contributed by atoms with Gasteiger partial charge in [-0.15, -0.1) is 0 Å². The van der Waals surface area contributed by atoms with Crippen molar-refractivity contribution in [2.24, 2.45) is 0 Å². The van der Waals surface area contributed by atoms with Gasteiger partial charge in [0.05, 0.1) is 12.1 Å². The minimum atomic E-state index is 0.689. The normalized spacial score (nSPS) is 10.9. The van der Waals surface area contributed by atoms with E-state index in [0.29, 0.717) is 6.54 Å². The molecule has 3 rings (SSSR count). The largest absolute Gasteiger partial charge is 0.464 e. The number of anilines is 1. The second kappa shape index (κ2) is 4.96. The molecule has 0 unspecified atom stereocenters. The van der Waals surface area contributed by atoms with Crippen LogP contribution in [0.5, 0.6) is 0 Å². The molecule has 102 valence electrons. The van der Waals surface area contributed by atoms with E-state index in [1.54, 1.807) is 6.33 Å². The first-order chi connectivity index (χ1) is 9.65. The van der Waals surface area contributed by atoms with Crippen molar-refractivity contribution in [3.8, 4) is 0 Å². The lowest BCUT2D eigenvalue weighted by atomic mass is 10.1. The number of aryl methyl sites for hydroxylation is 2. The highest BCUT2D eigenvalue weighted by Gasteiger charge is 2.12. The average Bonchev–Trinajstić information content (AvgIpc) is 2.84. The minimum Gasteiger partial charge on any atom is -0.464 e. The van der Waals surface area contributed by atoms with Crippen LogP contribution in [0, 0.1) is 13.8 Å². The van der Waals surface area contributed by atoms with Gasteiger partial charge in [0.2, 0.25) is 0 Å². The molecule has 0 bridgehead atoms. The third-order valence-corrected chi connectivity index (χ3v) is 3.40. The van der Waals surface area contributed by atoms with Gasteiger partial charge in [-0.25, -0.2) is 9.97 Å². The molecule has 1 aromatic carbocycles. The van der Waals surface area contributed by atoms with Crippen LogP contribution in [0.25, 0.3) is 10.9 Å². The summed E-state index contributed by atoms with van der Waals surface area (Å²) in [5.41, 5.74) is 2.15. The number of nitrogens with zero attached hydrogens (tertiary/aromatic N) is 3. The van der Waals surface area contributed by atoms with E-state index in [1.807, 2.05) is 38.2 Å². The molecule has 0 N–H and O–H groups in total. The third-order valence-electron chi connectivity index (χ3n) is 3.40. The number of hydrogen-bond donors (Lipinski definition) is 0. The van der Waals surface area contributed by atoms with Crippen molar-refractivity contribution in [3.05, 3.63) is 53.7 Å². The fourth-order valence-electron chi connectivity index (χ4n) is 2.43. The second-order valence-corrected chi connectivity index (χ2v) is 5.03. The van der Waals surface area contributed by atoms with Crippen LogP contribution in [0.15, 0.2) is 41.1 Å². The van der Waals surface area contributed by atoms with Gasteiger partial charge in [-0.2, -0.15) is 0 Å². The molecule has 0 amide bonds. The molecule has 0 spiro atoms. The molecule has 3 aromatic rings. The molecule has 0 saturated heterocycles. The van der Waals surface area contributed by atoms with E-state index in [-0.39, 0.29) is 0 Å². The van der Waals surface area contributed by atoms with Gasteiger partial charge in [-0.3, -0.25) is 0 Å². The van der Waals surface area contributed by atoms with Crippen LogP contribution in [0.4, 0.5) is 5.82 Å². The zero-order valence-corrected chi connectivity index (χ0v) is 11.9. The summed E-state index contributed by atoms with van der Waals surface area (Å²) in [4.78, 5) is 10.9. The molecule has 0 radical (unpaired) electrons. The summed E-state index contributed by atoms with van der Waals surface area (Å²) in [6, 6.07) is 10.1. The molecule has 2 heterocycles. The van der Waals surface area contributed by atoms with Gasteiger partial charge in [0.25, 0.3) is 0 Å². The third kappa shape index (κ3) is 2.25. The summed E-state index contributed by atoms with van der Waals surface area (Å²) in [6.45, 7) is 4.72. The maximum atomic E-state index is 5.63. The lowest BCUT2D eigenvalue weighted by molar-refractivity contribution is 0.481. The summed E-state index contributed by atoms with van der Waals surface area (Å²) >= 11 is 0. The van der Waals surface area contributed by atoms with Gasteiger partial charge in [0, 0.05) is 12.4 Å². The number of hydrogen-bond acceptors (Lipinski definition) is 4. The summed E-state index contributed by atoms with van der Waals surface area (Å²) in [5, 5.41) is 1.10. The Kier molecular flexibility index (Phi) is 3.14. The van der Waals surface area contributed by atoms with Crippen molar-refractivity contribution in [2.45, 2.75) is 20.4 Å². The summed E-state index contributed by atoms with van der Waals surface area (Å²) in [6.07, 6.45) is 1.61. The first-order valence-corrected chi connectivity index (χ1v) is 6.62. The van der Waals surface area contributed by atoms with Crippen molar-refractivity contribution in [1.29, 1.82) is 0 Å². The fraction of sp³-hybridized carbons (Fsp3) is 0.250. The van der Waals surface area contributed by atoms with Crippen LogP contribution < -0.4 is 4.90 Å². The van der Waals surface area contributed by atoms with Gasteiger partial charge < -0.3 is 9.32 Å². The SMILES string of the molecule is Cc1ccc(CN(C)c2ncnc3cccc(C)c23)o1. The first-order valence-electron chi connectivity index (χ1n) is 6.62. The van der Waals surface area contributed by atoms with E-state index in [1.165, 1.54) is 5.56 Å². The highest BCUT2D eigenvalue weighted by atomic mass is 16.3. The Morgan fingerprint density at radius 2 is 1.95 bits per heavy atom. The number of furan rings is 1. The smallest absolute Gasteiger partial charge is 0.140 e. The fourth-order valence-corrected chi connectivity index (χ4v) is 2.43. The topological polar surface area (TPSA) is 42.2 Å². The summed E-state index contributed by atoms with van der Waals surface area (Å²) < 4.78 is 5.63. The molecule has 0 aliphatic carbocycles. The molecule has 0 fully saturated rings. The first kappa shape index (κ1) is 12.7. The van der Waals surface area contributed by atoms with Crippen molar-refractivity contribution in [3.63, 3.8) is 0 Å². The highest BCUT2D eigenvalue weighted by Crippen LogP contribution is 2.26. The van der Waals surface area contributed by atoms with Crippen molar-refractivity contribution in [2.75, 3.05) is 11.9 Å². The lowest BCUT2D eigenvalue weighted by Crippen LogP contribution is -2.18. The van der Waals surface area contributed by atoms with E-state index in [9.17, 15) is 0 Å². The predicted molar refractivity (Wildman–Crippen MR) is 79.8 cm³/mol. The van der Waals surface area contributed by atoms with Gasteiger partial charge in [0.1, 0.15) is 23.7 Å². The van der Waals surface area contributed by atoms with Crippen LogP contribution in [0.1, 0.15) is 17.1 Å². The molecular formula is C16H17N3O. The Morgan fingerprint density at radius 1 is 1.10 bits per heavy atom. The minimum absolute atomic E-state index is 0.689. The number of rotatable bonds is 3. The van der Waals surface area contributed by atoms with Crippen LogP contribution in [-0.2, 0) is 6.54 Å². The van der Waals surface area contributed by atoms with Crippen LogP contribution in [0.3, 0.4) is 0 Å². The molecule has 0 aliphatic rings. The average molecular weight is 267 g/mol. The maximum absolute atomic E-state index is 5.63. The van der Waals surface area contributed by atoms with Crippen LogP contribution in [-0.4, -0.2) is 17.0 Å². The zero-order chi connectivity index (χ0) is 14.1. The lowest BCUT2D eigenvalue weighted by Gasteiger charge is -2.19. The molecule has 4 heteroatoms. The van der Waals surface area contributed by atoms with Gasteiger partial charge in [-0.1, -0.05) is 12.1 Å². The maximum Gasteiger partial charge on any atom is 0.140 e. The van der Waals surface area contributed by atoms with Gasteiger partial charge in [0.15, 0.2) is 0 Å². The van der Waals surface area contributed by atoms with Crippen LogP contribution in [0.2, 0.25) is 0 Å². The highest BCUT2D eigenvalue weighted by molar-refractivity contribution is 5.92. The van der Waals surface area contributed by atoms with Crippen molar-refractivity contribution >= 4 is 16.7 Å². The van der Waals surface area contributed by atoms with Gasteiger partial charge in [-0.05, 0) is 37.6 Å². The van der Waals surface area contributed by atoms with Gasteiger partial charge >= 0.3 is 0 Å². The predicted octanol–water partition coefficient (Wildman–Crippen LogP) is 3.48. The monoisotopic (exact) mass is 267 g/mol. The molecule has 4 nitrogen and oxygen atoms in total. The molecule has 0 saturated carbocycles. The van der Waals surface area contributed by atoms with E-state index >= 15 is 0 Å². The van der Waals surface area contributed by atoms with E-state index < -0.39 is 0 Å². The van der Waals surface area contributed by atoms with E-state index in [2.05, 4.69) is 27.9 Å². The van der Waals surface area contributed by atoms with Crippen molar-refractivity contribution < 1.29 is 4.42 Å². The number of benzene rings is 1. The Labute approximate surface area is 118 Å². The number of fused-ring (bicyclic) bond motifs is 1. The Bertz CT molecular complexity index is 743. The molecule has 0 aliphatic heterocycles. The summed E-state index contributed by atoms with van der Waals surface area (Å²) in [5.74, 6) is 2.80. The molecule has 2 aromatic heterocycles. The standard InChI is InChI=1S/C16H17N3O/c1-11-5-4-6-14-15(11)16(18-10-17-14)19(3)9-13-8-7-12(2)20-13/h4-8,10H,9H2,1-3H3. The Balaban J connectivity index is 2.01. The summed E-state index contributed by atoms with van der Waals surface area (Å²) in [7, 11) is 2.02. The van der Waals surface area contributed by atoms with E-state index in [4.69, 9.17) is 4.42 Å². The van der Waals surface area contributed by atoms with Crippen LogP contribution >= 0.6 is 0 Å². The molecule has 0 atom stereocenters. The molecular weight excluding hydrogens is 250 g/mol. The zero-order valence-electron chi connectivity index (χ0n) is 11.9. The molecule has 20 heavy (non-hydrogen) atoms. The number of aromatic nitrogens is 2. The Hall–Kier alpha value is -2.36. The quantitative estimate of drug-likeness (QED) is 0.728. The van der Waals surface area contributed by atoms with Crippen molar-refractivity contribution in [1.82, 2.24) is 9.97 Å². The Morgan fingerprint density at radius 3 is 2.70 bits per heavy atom.